The summed E-state index contributed by atoms with van der Waals surface area (Å²) in [4.78, 5) is 13.0. The molecule has 0 fully saturated rings. The second-order valence-electron chi connectivity index (χ2n) is 9.53. The molecule has 0 aliphatic carbocycles. The molecule has 0 radical (unpaired) electrons. The number of hydrogen-bond acceptors (Lipinski definition) is 6. The van der Waals surface area contributed by atoms with Crippen molar-refractivity contribution in [1.29, 1.82) is 0 Å². The van der Waals surface area contributed by atoms with Crippen LogP contribution in [-0.2, 0) is 21.2 Å². The highest BCUT2D eigenvalue weighted by molar-refractivity contribution is 9.10. The van der Waals surface area contributed by atoms with E-state index in [1.807, 2.05) is 74.5 Å². The number of methoxy groups -OCH3 is 2. The molecule has 4 rings (SSSR count). The van der Waals surface area contributed by atoms with Crippen LogP contribution in [0.4, 0.5) is 0 Å². The van der Waals surface area contributed by atoms with Gasteiger partial charge in [0, 0.05) is 39.7 Å². The number of rotatable bonds is 12. The fourth-order valence-electron chi connectivity index (χ4n) is 4.61. The molecule has 0 bridgehead atoms. The maximum absolute atomic E-state index is 13.7. The van der Waals surface area contributed by atoms with Gasteiger partial charge in [-0.25, -0.2) is 13.8 Å². The SMILES string of the molecule is COc1ccc(S(=O)(=O)N(CCc2ccccc2)CC(=O)N/N=C/c2cc(C)n(-c3cccc(Br)c3)c2C)cc1OC. The first kappa shape index (κ1) is 31.0. The van der Waals surface area contributed by atoms with E-state index in [-0.39, 0.29) is 17.2 Å². The minimum atomic E-state index is -4.07. The predicted octanol–water partition coefficient (Wildman–Crippen LogP) is 5.26. The molecule has 0 unspecified atom stereocenters. The van der Waals surface area contributed by atoms with E-state index in [9.17, 15) is 13.2 Å². The van der Waals surface area contributed by atoms with E-state index < -0.39 is 22.5 Å². The third-order valence-corrected chi connectivity index (χ3v) is 9.07. The van der Waals surface area contributed by atoms with Crippen LogP contribution >= 0.6 is 15.9 Å². The highest BCUT2D eigenvalue weighted by atomic mass is 79.9. The summed E-state index contributed by atoms with van der Waals surface area (Å²) in [6, 6.07) is 23.8. The van der Waals surface area contributed by atoms with Crippen molar-refractivity contribution in [3.63, 3.8) is 0 Å². The monoisotopic (exact) mass is 652 g/mol. The van der Waals surface area contributed by atoms with Crippen molar-refractivity contribution in [3.8, 4) is 17.2 Å². The fourth-order valence-corrected chi connectivity index (χ4v) is 6.41. The zero-order valence-electron chi connectivity index (χ0n) is 23.9. The standard InChI is InChI=1S/C31H33BrN4O5S/c1-22-17-25(23(2)36(22)27-12-8-11-26(32)18-27)20-33-34-31(37)21-35(16-15-24-9-6-5-7-10-24)42(38,39)28-13-14-29(40-3)30(19-28)41-4/h5-14,17-20H,15-16,21H2,1-4H3,(H,34,37)/b33-20+. The Bertz CT molecular complexity index is 1690. The molecule has 1 aromatic heterocycles. The molecule has 0 aliphatic heterocycles. The van der Waals surface area contributed by atoms with Gasteiger partial charge < -0.3 is 14.0 Å². The summed E-state index contributed by atoms with van der Waals surface area (Å²) < 4.78 is 42.2. The highest BCUT2D eigenvalue weighted by Crippen LogP contribution is 2.31. The third kappa shape index (κ3) is 7.28. The Balaban J connectivity index is 1.53. The first-order valence-corrected chi connectivity index (χ1v) is 15.4. The molecule has 1 amide bonds. The van der Waals surface area contributed by atoms with Gasteiger partial charge in [0.1, 0.15) is 0 Å². The van der Waals surface area contributed by atoms with Gasteiger partial charge in [-0.3, -0.25) is 4.79 Å². The lowest BCUT2D eigenvalue weighted by Gasteiger charge is -2.22. The van der Waals surface area contributed by atoms with Crippen LogP contribution in [-0.4, -0.2) is 56.7 Å². The molecule has 4 aromatic rings. The second-order valence-corrected chi connectivity index (χ2v) is 12.4. The number of benzene rings is 3. The number of hydrogen-bond donors (Lipinski definition) is 1. The fraction of sp³-hybridized carbons (Fsp3) is 0.226. The Hall–Kier alpha value is -3.93. The Kier molecular flexibility index (Phi) is 10.2. The minimum absolute atomic E-state index is 0.00972. The number of halogens is 1. The number of hydrazone groups is 1. The van der Waals surface area contributed by atoms with Crippen molar-refractivity contribution in [2.45, 2.75) is 25.2 Å². The summed E-state index contributed by atoms with van der Waals surface area (Å²) in [5.41, 5.74) is 7.22. The first-order chi connectivity index (χ1) is 20.1. The largest absolute Gasteiger partial charge is 0.493 e. The summed E-state index contributed by atoms with van der Waals surface area (Å²) in [7, 11) is -1.16. The van der Waals surface area contributed by atoms with Crippen LogP contribution in [0.3, 0.4) is 0 Å². The molecule has 42 heavy (non-hydrogen) atoms. The van der Waals surface area contributed by atoms with E-state index in [1.165, 1.54) is 32.4 Å². The van der Waals surface area contributed by atoms with Crippen LogP contribution in [0.1, 0.15) is 22.5 Å². The van der Waals surface area contributed by atoms with E-state index in [2.05, 4.69) is 31.0 Å². The van der Waals surface area contributed by atoms with Gasteiger partial charge in [0.2, 0.25) is 10.0 Å². The van der Waals surface area contributed by atoms with Crippen molar-refractivity contribution >= 4 is 38.1 Å². The van der Waals surface area contributed by atoms with E-state index in [0.29, 0.717) is 12.2 Å². The number of aromatic nitrogens is 1. The zero-order chi connectivity index (χ0) is 30.3. The molecule has 3 aromatic carbocycles. The van der Waals surface area contributed by atoms with E-state index >= 15 is 0 Å². The van der Waals surface area contributed by atoms with Crippen molar-refractivity contribution in [2.75, 3.05) is 27.3 Å². The Labute approximate surface area is 254 Å². The average molecular weight is 654 g/mol. The predicted molar refractivity (Wildman–Crippen MR) is 167 cm³/mol. The van der Waals surface area contributed by atoms with Crippen molar-refractivity contribution in [2.24, 2.45) is 5.10 Å². The van der Waals surface area contributed by atoms with E-state index in [0.717, 1.165) is 37.0 Å². The Morgan fingerprint density at radius 3 is 2.40 bits per heavy atom. The molecule has 220 valence electrons. The number of amides is 1. The average Bonchev–Trinajstić information content (AvgIpc) is 3.27. The maximum Gasteiger partial charge on any atom is 0.255 e. The van der Waals surface area contributed by atoms with Crippen LogP contribution in [0.2, 0.25) is 0 Å². The molecule has 11 heteroatoms. The first-order valence-electron chi connectivity index (χ1n) is 13.2. The van der Waals surface area contributed by atoms with E-state index in [4.69, 9.17) is 9.47 Å². The molecular formula is C31H33BrN4O5S. The van der Waals surface area contributed by atoms with Gasteiger partial charge in [0.05, 0.1) is 31.9 Å². The van der Waals surface area contributed by atoms with Gasteiger partial charge in [0.15, 0.2) is 11.5 Å². The smallest absolute Gasteiger partial charge is 0.255 e. The summed E-state index contributed by atoms with van der Waals surface area (Å²) in [6.45, 7) is 3.63. The van der Waals surface area contributed by atoms with Crippen LogP contribution in [0, 0.1) is 13.8 Å². The molecule has 1 heterocycles. The number of carbonyl (C=O) groups excluding carboxylic acids is 1. The molecule has 9 nitrogen and oxygen atoms in total. The third-order valence-electron chi connectivity index (χ3n) is 6.74. The molecule has 0 aliphatic rings. The van der Waals surface area contributed by atoms with Gasteiger partial charge >= 0.3 is 0 Å². The molecule has 0 saturated heterocycles. The lowest BCUT2D eigenvalue weighted by molar-refractivity contribution is -0.121. The quantitative estimate of drug-likeness (QED) is 0.166. The number of nitrogens with zero attached hydrogens (tertiary/aromatic N) is 3. The Morgan fingerprint density at radius 1 is 0.976 bits per heavy atom. The highest BCUT2D eigenvalue weighted by Gasteiger charge is 2.27. The molecule has 1 N–H and O–H groups in total. The maximum atomic E-state index is 13.7. The van der Waals surface area contributed by atoms with Gasteiger partial charge in [-0.05, 0) is 62.2 Å². The van der Waals surface area contributed by atoms with Gasteiger partial charge in [-0.1, -0.05) is 52.3 Å². The molecular weight excluding hydrogens is 620 g/mol. The summed E-state index contributed by atoms with van der Waals surface area (Å²) >= 11 is 3.51. The number of ether oxygens (including phenoxy) is 2. The van der Waals surface area contributed by atoms with Crippen molar-refractivity contribution in [1.82, 2.24) is 14.3 Å². The summed E-state index contributed by atoms with van der Waals surface area (Å²) in [5.74, 6) is 0.110. The van der Waals surface area contributed by atoms with Crippen LogP contribution in [0.15, 0.2) is 93.3 Å². The van der Waals surface area contributed by atoms with Gasteiger partial charge in [-0.2, -0.15) is 9.41 Å². The van der Waals surface area contributed by atoms with E-state index in [1.54, 1.807) is 6.21 Å². The second kappa shape index (κ2) is 13.8. The lowest BCUT2D eigenvalue weighted by atomic mass is 10.1. The van der Waals surface area contributed by atoms with Crippen LogP contribution in [0.25, 0.3) is 5.69 Å². The van der Waals surface area contributed by atoms with Crippen LogP contribution in [0.5, 0.6) is 11.5 Å². The number of nitrogens with one attached hydrogen (secondary N) is 1. The van der Waals surface area contributed by atoms with Crippen LogP contribution < -0.4 is 14.9 Å². The van der Waals surface area contributed by atoms with Gasteiger partial charge in [0.25, 0.3) is 5.91 Å². The summed E-state index contributed by atoms with van der Waals surface area (Å²) in [5, 5.41) is 4.14. The topological polar surface area (TPSA) is 102 Å². The minimum Gasteiger partial charge on any atom is -0.493 e. The molecule has 0 spiro atoms. The molecule has 0 saturated carbocycles. The zero-order valence-corrected chi connectivity index (χ0v) is 26.3. The number of aryl methyl sites for hydroxylation is 1. The normalized spacial score (nSPS) is 11.7. The van der Waals surface area contributed by atoms with Crippen molar-refractivity contribution in [3.05, 3.63) is 106 Å². The molecule has 0 atom stereocenters. The number of carbonyl (C=O) groups is 1. The number of sulfonamides is 1. The Morgan fingerprint density at radius 2 is 1.71 bits per heavy atom. The lowest BCUT2D eigenvalue weighted by Crippen LogP contribution is -2.40. The van der Waals surface area contributed by atoms with Crippen molar-refractivity contribution < 1.29 is 22.7 Å². The van der Waals surface area contributed by atoms with Gasteiger partial charge in [-0.15, -0.1) is 0 Å². The summed E-state index contributed by atoms with van der Waals surface area (Å²) in [6.07, 6.45) is 1.98.